The lowest BCUT2D eigenvalue weighted by atomic mass is 9.80. The molecular formula is C21H22BN3O4S. The first-order chi connectivity index (χ1) is 14.4. The van der Waals surface area contributed by atoms with Crippen LogP contribution in [0.2, 0.25) is 0 Å². The zero-order chi connectivity index (χ0) is 21.3. The van der Waals surface area contributed by atoms with Crippen LogP contribution in [0.4, 0.5) is 0 Å². The first kappa shape index (κ1) is 20.5. The molecule has 9 heteroatoms. The number of nitrogens with zero attached hydrogens (tertiary/aromatic N) is 3. The largest absolute Gasteiger partial charge is 0.488 e. The number of aromatic nitrogens is 2. The van der Waals surface area contributed by atoms with Gasteiger partial charge in [-0.25, -0.2) is 0 Å². The maximum atomic E-state index is 12.2. The smallest absolute Gasteiger partial charge is 0.457 e. The van der Waals surface area contributed by atoms with Crippen LogP contribution >= 0.6 is 11.3 Å². The van der Waals surface area contributed by atoms with Gasteiger partial charge in [0.1, 0.15) is 21.5 Å². The molecule has 2 N–H and O–H groups in total. The summed E-state index contributed by atoms with van der Waals surface area (Å²) in [4.78, 5) is 14.0. The van der Waals surface area contributed by atoms with Crippen molar-refractivity contribution in [3.8, 4) is 22.1 Å². The van der Waals surface area contributed by atoms with E-state index in [9.17, 15) is 14.8 Å². The highest BCUT2D eigenvalue weighted by molar-refractivity contribution is 7.14. The number of aryl methyl sites for hydroxylation is 1. The van der Waals surface area contributed by atoms with Crippen molar-refractivity contribution in [2.24, 2.45) is 5.92 Å². The van der Waals surface area contributed by atoms with E-state index in [1.54, 1.807) is 18.2 Å². The molecule has 0 unspecified atom stereocenters. The first-order valence-electron chi connectivity index (χ1n) is 9.74. The maximum absolute atomic E-state index is 12.2. The second kappa shape index (κ2) is 8.55. The second-order valence-electron chi connectivity index (χ2n) is 7.58. The van der Waals surface area contributed by atoms with Gasteiger partial charge >= 0.3 is 7.12 Å². The molecule has 0 bridgehead atoms. The normalized spacial score (nSPS) is 16.2. The third kappa shape index (κ3) is 4.53. The van der Waals surface area contributed by atoms with E-state index < -0.39 is 7.12 Å². The summed E-state index contributed by atoms with van der Waals surface area (Å²) in [5.41, 5.74) is 2.09. The monoisotopic (exact) mass is 423 g/mol. The number of hydrogen-bond acceptors (Lipinski definition) is 7. The Morgan fingerprint density at radius 2 is 1.97 bits per heavy atom. The highest BCUT2D eigenvalue weighted by atomic mass is 32.1. The fourth-order valence-corrected chi connectivity index (χ4v) is 4.19. The molecule has 0 radical (unpaired) electrons. The molecule has 154 valence electrons. The Labute approximate surface area is 179 Å². The summed E-state index contributed by atoms with van der Waals surface area (Å²) in [7, 11) is -1.60. The SMILES string of the molecule is Cc1nnc(-c2ccc(Oc3cc(B(O)O)ccc3CN3C[C@@H](C)CC3=O)cc2)s1. The van der Waals surface area contributed by atoms with Crippen LogP contribution in [0, 0.1) is 12.8 Å². The van der Waals surface area contributed by atoms with Gasteiger partial charge in [0, 0.05) is 30.6 Å². The molecule has 2 aromatic carbocycles. The van der Waals surface area contributed by atoms with Gasteiger partial charge in [0.25, 0.3) is 0 Å². The maximum Gasteiger partial charge on any atom is 0.488 e. The fraction of sp³-hybridized carbons (Fsp3) is 0.286. The predicted octanol–water partition coefficient (Wildman–Crippen LogP) is 2.35. The molecule has 1 fully saturated rings. The third-order valence-corrected chi connectivity index (χ3v) is 5.90. The van der Waals surface area contributed by atoms with Crippen LogP contribution in [0.5, 0.6) is 11.5 Å². The molecule has 1 amide bonds. The van der Waals surface area contributed by atoms with Gasteiger partial charge < -0.3 is 19.7 Å². The number of ether oxygens (including phenoxy) is 1. The Balaban J connectivity index is 1.58. The van der Waals surface area contributed by atoms with E-state index >= 15 is 0 Å². The summed E-state index contributed by atoms with van der Waals surface area (Å²) in [5.74, 6) is 1.55. The standard InChI is InChI=1S/C21H22BN3O4S/c1-13-9-20(26)25(11-13)12-16-3-6-17(22(27)28)10-19(16)29-18-7-4-15(5-8-18)21-24-23-14(2)30-21/h3-8,10,13,27-28H,9,11-12H2,1-2H3/t13-/m0/s1. The van der Waals surface area contributed by atoms with Crippen molar-refractivity contribution in [1.82, 2.24) is 15.1 Å². The van der Waals surface area contributed by atoms with Crippen molar-refractivity contribution in [3.05, 3.63) is 53.0 Å². The molecule has 0 spiro atoms. The quantitative estimate of drug-likeness (QED) is 0.591. The molecule has 1 aromatic heterocycles. The molecule has 7 nitrogen and oxygen atoms in total. The lowest BCUT2D eigenvalue weighted by molar-refractivity contribution is -0.128. The third-order valence-electron chi connectivity index (χ3n) is 5.01. The lowest BCUT2D eigenvalue weighted by Crippen LogP contribution is -2.30. The molecule has 0 saturated carbocycles. The van der Waals surface area contributed by atoms with Crippen LogP contribution in [0.3, 0.4) is 0 Å². The Kier molecular flexibility index (Phi) is 5.85. The van der Waals surface area contributed by atoms with E-state index in [1.165, 1.54) is 11.3 Å². The van der Waals surface area contributed by atoms with Gasteiger partial charge in [0.15, 0.2) is 0 Å². The summed E-state index contributed by atoms with van der Waals surface area (Å²) in [5, 5.41) is 29.0. The summed E-state index contributed by atoms with van der Waals surface area (Å²) in [6.07, 6.45) is 0.552. The minimum atomic E-state index is -1.60. The van der Waals surface area contributed by atoms with Gasteiger partial charge in [0.2, 0.25) is 5.91 Å². The number of hydrogen-bond donors (Lipinski definition) is 2. The van der Waals surface area contributed by atoms with Crippen LogP contribution in [0.1, 0.15) is 23.9 Å². The van der Waals surface area contributed by atoms with Crippen molar-refractivity contribution < 1.29 is 19.6 Å². The van der Waals surface area contributed by atoms with E-state index in [1.807, 2.05) is 36.1 Å². The molecule has 0 aliphatic carbocycles. The fourth-order valence-electron chi connectivity index (χ4n) is 3.49. The predicted molar refractivity (Wildman–Crippen MR) is 116 cm³/mol. The Morgan fingerprint density at radius 3 is 2.57 bits per heavy atom. The zero-order valence-corrected chi connectivity index (χ0v) is 17.6. The zero-order valence-electron chi connectivity index (χ0n) is 16.8. The number of carbonyl (C=O) groups excluding carboxylic acids is 1. The average molecular weight is 423 g/mol. The Hall–Kier alpha value is -2.75. The van der Waals surface area contributed by atoms with Gasteiger partial charge in [-0.3, -0.25) is 4.79 Å². The number of benzene rings is 2. The van der Waals surface area contributed by atoms with Crippen molar-refractivity contribution in [2.45, 2.75) is 26.8 Å². The van der Waals surface area contributed by atoms with E-state index in [0.29, 0.717) is 42.4 Å². The molecule has 1 atom stereocenters. The van der Waals surface area contributed by atoms with Crippen LogP contribution in [-0.2, 0) is 11.3 Å². The van der Waals surface area contributed by atoms with E-state index in [4.69, 9.17) is 4.74 Å². The number of carbonyl (C=O) groups is 1. The summed E-state index contributed by atoms with van der Waals surface area (Å²) < 4.78 is 6.08. The van der Waals surface area contributed by atoms with Crippen molar-refractivity contribution in [1.29, 1.82) is 0 Å². The number of amides is 1. The van der Waals surface area contributed by atoms with Crippen LogP contribution in [0.15, 0.2) is 42.5 Å². The van der Waals surface area contributed by atoms with Gasteiger partial charge in [-0.1, -0.05) is 30.4 Å². The van der Waals surface area contributed by atoms with Crippen molar-refractivity contribution >= 4 is 29.8 Å². The highest BCUT2D eigenvalue weighted by Gasteiger charge is 2.27. The minimum Gasteiger partial charge on any atom is -0.457 e. The molecular weight excluding hydrogens is 401 g/mol. The van der Waals surface area contributed by atoms with Gasteiger partial charge in [-0.2, -0.15) is 0 Å². The Bertz CT molecular complexity index is 1050. The van der Waals surface area contributed by atoms with E-state index in [-0.39, 0.29) is 5.91 Å². The van der Waals surface area contributed by atoms with Gasteiger partial charge in [-0.15, -0.1) is 10.2 Å². The number of likely N-dealkylation sites (tertiary alicyclic amines) is 1. The average Bonchev–Trinajstić information content (AvgIpc) is 3.28. The molecule has 3 aromatic rings. The molecule has 1 saturated heterocycles. The van der Waals surface area contributed by atoms with Gasteiger partial charge in [0.05, 0.1) is 0 Å². The first-order valence-corrected chi connectivity index (χ1v) is 10.6. The molecule has 1 aliphatic rings. The summed E-state index contributed by atoms with van der Waals surface area (Å²) in [6, 6.07) is 12.5. The van der Waals surface area contributed by atoms with Crippen LogP contribution in [0.25, 0.3) is 10.6 Å². The van der Waals surface area contributed by atoms with Crippen molar-refractivity contribution in [2.75, 3.05) is 6.54 Å². The van der Waals surface area contributed by atoms with Gasteiger partial charge in [-0.05, 0) is 48.6 Å². The van der Waals surface area contributed by atoms with E-state index in [2.05, 4.69) is 17.1 Å². The minimum absolute atomic E-state index is 0.122. The van der Waals surface area contributed by atoms with Crippen molar-refractivity contribution in [3.63, 3.8) is 0 Å². The lowest BCUT2D eigenvalue weighted by Gasteiger charge is -2.19. The molecule has 4 rings (SSSR count). The summed E-state index contributed by atoms with van der Waals surface area (Å²) >= 11 is 1.52. The van der Waals surface area contributed by atoms with Crippen LogP contribution in [-0.4, -0.2) is 44.7 Å². The second-order valence-corrected chi connectivity index (χ2v) is 8.76. The van der Waals surface area contributed by atoms with Crippen LogP contribution < -0.4 is 10.2 Å². The van der Waals surface area contributed by atoms with E-state index in [0.717, 1.165) is 21.1 Å². The molecule has 30 heavy (non-hydrogen) atoms. The highest BCUT2D eigenvalue weighted by Crippen LogP contribution is 2.30. The number of rotatable bonds is 6. The topological polar surface area (TPSA) is 95.8 Å². The summed E-state index contributed by atoms with van der Waals surface area (Å²) in [6.45, 7) is 5.09. The molecule has 1 aliphatic heterocycles. The Morgan fingerprint density at radius 1 is 1.20 bits per heavy atom. The molecule has 2 heterocycles.